The lowest BCUT2D eigenvalue weighted by molar-refractivity contribution is -0.116. The highest BCUT2D eigenvalue weighted by Gasteiger charge is 2.37. The molecule has 2 heterocycles. The van der Waals surface area contributed by atoms with Crippen molar-refractivity contribution >= 4 is 23.4 Å². The van der Waals surface area contributed by atoms with E-state index in [1.165, 1.54) is 11.8 Å². The van der Waals surface area contributed by atoms with Gasteiger partial charge in [-0.25, -0.2) is 4.68 Å². The second-order valence-corrected chi connectivity index (χ2v) is 8.06. The number of carbonyl (C=O) groups is 1. The van der Waals surface area contributed by atoms with Crippen molar-refractivity contribution in [1.82, 2.24) is 14.9 Å². The van der Waals surface area contributed by atoms with Gasteiger partial charge in [0.25, 0.3) is 0 Å². The molecule has 1 aliphatic heterocycles. The van der Waals surface area contributed by atoms with E-state index >= 15 is 0 Å². The number of benzene rings is 2. The quantitative estimate of drug-likeness (QED) is 0.704. The highest BCUT2D eigenvalue weighted by atomic mass is 32.2. The van der Waals surface area contributed by atoms with E-state index in [1.54, 1.807) is 0 Å². The van der Waals surface area contributed by atoms with E-state index < -0.39 is 0 Å². The van der Waals surface area contributed by atoms with Crippen molar-refractivity contribution in [2.45, 2.75) is 43.6 Å². The summed E-state index contributed by atoms with van der Waals surface area (Å²) in [6, 6.07) is 15.9. The molecule has 1 amide bonds. The van der Waals surface area contributed by atoms with Gasteiger partial charge < -0.3 is 10.7 Å². The molecular weight excluding hydrogens is 370 g/mol. The van der Waals surface area contributed by atoms with Gasteiger partial charge in [0.15, 0.2) is 5.82 Å². The molecule has 2 aromatic carbocycles. The number of carbonyl (C=O) groups excluding carboxylic acids is 1. The van der Waals surface area contributed by atoms with Gasteiger partial charge in [-0.2, -0.15) is 0 Å². The molecule has 6 nitrogen and oxygen atoms in total. The van der Waals surface area contributed by atoms with Gasteiger partial charge in [0.2, 0.25) is 11.1 Å². The van der Waals surface area contributed by atoms with Gasteiger partial charge in [0.05, 0.1) is 6.04 Å². The number of hydrogen-bond acceptors (Lipinski definition) is 5. The minimum Gasteiger partial charge on any atom is -0.325 e. The second kappa shape index (κ2) is 7.67. The molecule has 7 heteroatoms. The normalized spacial score (nSPS) is 18.2. The molecule has 0 radical (unpaired) electrons. The van der Waals surface area contributed by atoms with Crippen molar-refractivity contribution in [3.63, 3.8) is 0 Å². The first kappa shape index (κ1) is 18.6. The molecule has 0 unspecified atom stereocenters. The Morgan fingerprint density at radius 1 is 1.18 bits per heavy atom. The zero-order chi connectivity index (χ0) is 19.7. The molecule has 28 heavy (non-hydrogen) atoms. The summed E-state index contributed by atoms with van der Waals surface area (Å²) in [5.41, 5.74) is 7.52. The van der Waals surface area contributed by atoms with Crippen LogP contribution >= 0.6 is 11.8 Å². The summed E-state index contributed by atoms with van der Waals surface area (Å²) in [5, 5.41) is 12.0. The van der Waals surface area contributed by atoms with Crippen LogP contribution in [0, 0.1) is 13.8 Å². The average molecular weight is 394 g/mol. The number of thioether (sulfide) groups is 1. The van der Waals surface area contributed by atoms with E-state index in [4.69, 9.17) is 0 Å². The molecule has 1 aliphatic rings. The lowest BCUT2D eigenvalue weighted by Gasteiger charge is -2.33. The van der Waals surface area contributed by atoms with Crippen LogP contribution in [0.5, 0.6) is 0 Å². The second-order valence-electron chi connectivity index (χ2n) is 6.95. The minimum atomic E-state index is -0.372. The highest BCUT2D eigenvalue weighted by Crippen LogP contribution is 2.37. The predicted octanol–water partition coefficient (Wildman–Crippen LogP) is 3.86. The van der Waals surface area contributed by atoms with Crippen LogP contribution in [-0.2, 0) is 11.2 Å². The third-order valence-electron chi connectivity index (χ3n) is 4.89. The maximum atomic E-state index is 13.3. The molecule has 0 spiro atoms. The maximum absolute atomic E-state index is 13.3. The van der Waals surface area contributed by atoms with Crippen LogP contribution in [0.4, 0.5) is 5.69 Å². The Kier molecular flexibility index (Phi) is 5.09. The van der Waals surface area contributed by atoms with Gasteiger partial charge >= 0.3 is 0 Å². The average Bonchev–Trinajstić information content (AvgIpc) is 3.12. The van der Waals surface area contributed by atoms with Crippen molar-refractivity contribution in [3.8, 4) is 0 Å². The third kappa shape index (κ3) is 3.49. The first-order valence-electron chi connectivity index (χ1n) is 9.37. The van der Waals surface area contributed by atoms with Gasteiger partial charge in [-0.15, -0.1) is 10.2 Å². The van der Waals surface area contributed by atoms with Gasteiger partial charge in [-0.1, -0.05) is 61.2 Å². The molecule has 2 N–H and O–H groups in total. The number of hydrogen-bond donors (Lipinski definition) is 2. The summed E-state index contributed by atoms with van der Waals surface area (Å²) in [7, 11) is 0. The molecule has 0 fully saturated rings. The first-order valence-corrected chi connectivity index (χ1v) is 10.3. The van der Waals surface area contributed by atoms with Gasteiger partial charge in [0, 0.05) is 12.1 Å². The Bertz CT molecular complexity index is 1000. The fraction of sp³-hybridized carbons (Fsp3) is 0.286. The highest BCUT2D eigenvalue weighted by molar-refractivity contribution is 8.00. The molecule has 2 atom stereocenters. The van der Waals surface area contributed by atoms with E-state index in [2.05, 4.69) is 20.9 Å². The van der Waals surface area contributed by atoms with Crippen LogP contribution in [0.3, 0.4) is 0 Å². The zero-order valence-electron chi connectivity index (χ0n) is 16.1. The molecule has 144 valence electrons. The van der Waals surface area contributed by atoms with Crippen molar-refractivity contribution in [2.24, 2.45) is 0 Å². The van der Waals surface area contributed by atoms with E-state index in [0.29, 0.717) is 5.16 Å². The Labute approximate surface area is 168 Å². The Morgan fingerprint density at radius 3 is 2.71 bits per heavy atom. The molecule has 3 aromatic rings. The number of fused-ring (bicyclic) bond motifs is 1. The summed E-state index contributed by atoms with van der Waals surface area (Å²) in [6.45, 7) is 6.06. The molecule has 1 aromatic heterocycles. The predicted molar refractivity (Wildman–Crippen MR) is 112 cm³/mol. The number of nitrogens with zero attached hydrogens (tertiary/aromatic N) is 3. The van der Waals surface area contributed by atoms with E-state index in [0.717, 1.165) is 34.6 Å². The van der Waals surface area contributed by atoms with Crippen LogP contribution in [0.1, 0.15) is 35.5 Å². The number of nitrogens with one attached hydrogen (secondary N) is 2. The number of aryl methyl sites for hydroxylation is 3. The lowest BCUT2D eigenvalue weighted by atomic mass is 10.0. The van der Waals surface area contributed by atoms with Crippen molar-refractivity contribution in [1.29, 1.82) is 0 Å². The summed E-state index contributed by atoms with van der Waals surface area (Å²) < 4.78 is 1.91. The summed E-state index contributed by atoms with van der Waals surface area (Å²) >= 11 is 1.45. The van der Waals surface area contributed by atoms with Crippen molar-refractivity contribution in [3.05, 3.63) is 71.0 Å². The Hall–Kier alpha value is -2.80. The van der Waals surface area contributed by atoms with Crippen LogP contribution in [0.15, 0.2) is 53.7 Å². The fourth-order valence-electron chi connectivity index (χ4n) is 3.31. The van der Waals surface area contributed by atoms with Gasteiger partial charge in [-0.05, 0) is 36.6 Å². The van der Waals surface area contributed by atoms with Crippen LogP contribution < -0.4 is 10.7 Å². The minimum absolute atomic E-state index is 0.0487. The number of aromatic nitrogens is 3. The molecule has 0 bridgehead atoms. The van der Waals surface area contributed by atoms with Crippen molar-refractivity contribution < 1.29 is 4.79 Å². The SMILES string of the molecule is CCc1nnc2n1N[C@@H](c1ccccc1)[C@H](C(=O)Nc1cc(C)ccc1C)S2. The van der Waals surface area contributed by atoms with Crippen LogP contribution in [-0.4, -0.2) is 26.0 Å². The summed E-state index contributed by atoms with van der Waals surface area (Å²) in [5.74, 6) is 0.809. The maximum Gasteiger partial charge on any atom is 0.240 e. The lowest BCUT2D eigenvalue weighted by Crippen LogP contribution is -2.41. The Morgan fingerprint density at radius 2 is 1.96 bits per heavy atom. The van der Waals surface area contributed by atoms with Crippen LogP contribution in [0.2, 0.25) is 0 Å². The molecule has 0 saturated heterocycles. The first-order chi connectivity index (χ1) is 13.6. The smallest absolute Gasteiger partial charge is 0.240 e. The molecule has 0 aliphatic carbocycles. The van der Waals surface area contributed by atoms with Gasteiger partial charge in [-0.3, -0.25) is 4.79 Å². The molecule has 4 rings (SSSR count). The van der Waals surface area contributed by atoms with Crippen molar-refractivity contribution in [2.75, 3.05) is 10.7 Å². The van der Waals surface area contributed by atoms with Gasteiger partial charge in [0.1, 0.15) is 5.25 Å². The third-order valence-corrected chi connectivity index (χ3v) is 6.10. The molecule has 0 saturated carbocycles. The number of amides is 1. The topological polar surface area (TPSA) is 71.8 Å². The van der Waals surface area contributed by atoms with E-state index in [-0.39, 0.29) is 17.2 Å². The van der Waals surface area contributed by atoms with E-state index in [1.807, 2.05) is 74.0 Å². The monoisotopic (exact) mass is 393 g/mol. The standard InChI is InChI=1S/C21H23N5OS/c1-4-17-23-24-21-26(17)25-18(15-8-6-5-7-9-15)19(28-21)20(27)22-16-12-13(2)10-11-14(16)3/h5-12,18-19,25H,4H2,1-3H3,(H,22,27)/t18-,19+/m0/s1. The summed E-state index contributed by atoms with van der Waals surface area (Å²) in [4.78, 5) is 13.3. The van der Waals surface area contributed by atoms with Crippen LogP contribution in [0.25, 0.3) is 0 Å². The summed E-state index contributed by atoms with van der Waals surface area (Å²) in [6.07, 6.45) is 0.765. The molecular formula is C21H23N5OS. The Balaban J connectivity index is 1.68. The fourth-order valence-corrected chi connectivity index (χ4v) is 4.41. The van der Waals surface area contributed by atoms with E-state index in [9.17, 15) is 4.79 Å². The number of anilines is 1. The zero-order valence-corrected chi connectivity index (χ0v) is 17.0. The largest absolute Gasteiger partial charge is 0.325 e. The number of rotatable bonds is 4.